The SMILES string of the molecule is COCC1CCN(C(=O)NCc2ccc(C(=O)O)nc2)C1. The third-order valence-corrected chi connectivity index (χ3v) is 3.46. The van der Waals surface area contributed by atoms with Crippen molar-refractivity contribution in [2.24, 2.45) is 5.92 Å². The number of carboxylic acid groups (broad SMARTS) is 1. The van der Waals surface area contributed by atoms with E-state index in [1.54, 1.807) is 18.1 Å². The van der Waals surface area contributed by atoms with E-state index >= 15 is 0 Å². The Kier molecular flexibility index (Phi) is 5.10. The molecule has 2 rings (SSSR count). The van der Waals surface area contributed by atoms with E-state index in [-0.39, 0.29) is 11.7 Å². The van der Waals surface area contributed by atoms with Crippen molar-refractivity contribution < 1.29 is 19.4 Å². The number of carbonyl (C=O) groups is 2. The lowest BCUT2D eigenvalue weighted by Gasteiger charge is -2.17. The molecule has 0 radical (unpaired) electrons. The maximum Gasteiger partial charge on any atom is 0.354 e. The standard InChI is InChI=1S/C14H19N3O4/c1-21-9-11-4-5-17(8-11)14(20)16-7-10-2-3-12(13(18)19)15-6-10/h2-3,6,11H,4-5,7-9H2,1H3,(H,16,20)(H,18,19). The minimum Gasteiger partial charge on any atom is -0.477 e. The molecule has 2 heterocycles. The highest BCUT2D eigenvalue weighted by molar-refractivity contribution is 5.85. The van der Waals surface area contributed by atoms with Gasteiger partial charge in [0.1, 0.15) is 5.69 Å². The van der Waals surface area contributed by atoms with Crippen LogP contribution in [0.3, 0.4) is 0 Å². The summed E-state index contributed by atoms with van der Waals surface area (Å²) in [5.41, 5.74) is 0.757. The van der Waals surface area contributed by atoms with Gasteiger partial charge in [0.15, 0.2) is 0 Å². The highest BCUT2D eigenvalue weighted by Gasteiger charge is 2.25. The number of rotatable bonds is 5. The summed E-state index contributed by atoms with van der Waals surface area (Å²) >= 11 is 0. The van der Waals surface area contributed by atoms with Crippen molar-refractivity contribution >= 4 is 12.0 Å². The number of ether oxygens (including phenoxy) is 1. The highest BCUT2D eigenvalue weighted by Crippen LogP contribution is 2.16. The average molecular weight is 293 g/mol. The van der Waals surface area contributed by atoms with Crippen LogP contribution in [0.1, 0.15) is 22.5 Å². The molecule has 1 aliphatic heterocycles. The number of carbonyl (C=O) groups excluding carboxylic acids is 1. The summed E-state index contributed by atoms with van der Waals surface area (Å²) in [6, 6.07) is 2.96. The van der Waals surface area contributed by atoms with Gasteiger partial charge in [-0.25, -0.2) is 14.6 Å². The molecule has 7 nitrogen and oxygen atoms in total. The highest BCUT2D eigenvalue weighted by atomic mass is 16.5. The Morgan fingerprint density at radius 3 is 2.95 bits per heavy atom. The molecular formula is C14H19N3O4. The van der Waals surface area contributed by atoms with Gasteiger partial charge in [0, 0.05) is 38.9 Å². The number of nitrogens with zero attached hydrogens (tertiary/aromatic N) is 2. The van der Waals surface area contributed by atoms with Gasteiger partial charge >= 0.3 is 12.0 Å². The number of methoxy groups -OCH3 is 1. The normalized spacial score (nSPS) is 17.8. The van der Waals surface area contributed by atoms with Gasteiger partial charge in [-0.05, 0) is 18.1 Å². The van der Waals surface area contributed by atoms with E-state index in [0.29, 0.717) is 25.6 Å². The van der Waals surface area contributed by atoms with Gasteiger partial charge < -0.3 is 20.1 Å². The zero-order valence-corrected chi connectivity index (χ0v) is 11.9. The van der Waals surface area contributed by atoms with Crippen LogP contribution in [0.5, 0.6) is 0 Å². The van der Waals surface area contributed by atoms with E-state index in [4.69, 9.17) is 9.84 Å². The Hall–Kier alpha value is -2.15. The van der Waals surface area contributed by atoms with Crippen molar-refractivity contribution in [1.82, 2.24) is 15.2 Å². The van der Waals surface area contributed by atoms with E-state index < -0.39 is 5.97 Å². The number of hydrogen-bond acceptors (Lipinski definition) is 4. The van der Waals surface area contributed by atoms with E-state index in [1.807, 2.05) is 0 Å². The number of likely N-dealkylation sites (tertiary alicyclic amines) is 1. The Morgan fingerprint density at radius 1 is 1.52 bits per heavy atom. The number of nitrogens with one attached hydrogen (secondary N) is 1. The molecule has 0 aromatic carbocycles. The number of urea groups is 1. The van der Waals surface area contributed by atoms with Crippen molar-refractivity contribution in [3.8, 4) is 0 Å². The molecule has 7 heteroatoms. The topological polar surface area (TPSA) is 91.8 Å². The van der Waals surface area contributed by atoms with E-state index in [0.717, 1.165) is 18.5 Å². The summed E-state index contributed by atoms with van der Waals surface area (Å²) in [6.45, 7) is 2.44. The monoisotopic (exact) mass is 293 g/mol. The number of aromatic carboxylic acids is 1. The Labute approximate surface area is 122 Å². The Bertz CT molecular complexity index is 503. The second kappa shape index (κ2) is 7.03. The van der Waals surface area contributed by atoms with Crippen LogP contribution in [-0.2, 0) is 11.3 Å². The van der Waals surface area contributed by atoms with Crippen LogP contribution in [0.2, 0.25) is 0 Å². The van der Waals surface area contributed by atoms with Crippen molar-refractivity contribution in [3.05, 3.63) is 29.6 Å². The number of carboxylic acids is 1. The summed E-state index contributed by atoms with van der Waals surface area (Å²) in [4.78, 5) is 28.3. The molecule has 1 saturated heterocycles. The molecule has 1 fully saturated rings. The molecule has 2 amide bonds. The third kappa shape index (κ3) is 4.16. The van der Waals surface area contributed by atoms with E-state index in [1.165, 1.54) is 12.3 Å². The molecular weight excluding hydrogens is 274 g/mol. The van der Waals surface area contributed by atoms with Crippen LogP contribution < -0.4 is 5.32 Å². The first kappa shape index (κ1) is 15.2. The molecule has 1 unspecified atom stereocenters. The molecule has 114 valence electrons. The van der Waals surface area contributed by atoms with Crippen LogP contribution in [0, 0.1) is 5.92 Å². The van der Waals surface area contributed by atoms with E-state index in [9.17, 15) is 9.59 Å². The fourth-order valence-corrected chi connectivity index (χ4v) is 2.33. The first-order chi connectivity index (χ1) is 10.1. The van der Waals surface area contributed by atoms with Gasteiger partial charge in [0.05, 0.1) is 6.61 Å². The maximum atomic E-state index is 12.0. The molecule has 0 aliphatic carbocycles. The lowest BCUT2D eigenvalue weighted by atomic mass is 10.1. The fourth-order valence-electron chi connectivity index (χ4n) is 2.33. The first-order valence-corrected chi connectivity index (χ1v) is 6.80. The summed E-state index contributed by atoms with van der Waals surface area (Å²) in [5, 5.41) is 11.6. The summed E-state index contributed by atoms with van der Waals surface area (Å²) in [6.07, 6.45) is 2.41. The molecule has 2 N–H and O–H groups in total. The summed E-state index contributed by atoms with van der Waals surface area (Å²) in [7, 11) is 1.66. The second-order valence-electron chi connectivity index (χ2n) is 5.07. The maximum absolute atomic E-state index is 12.0. The molecule has 1 aromatic heterocycles. The van der Waals surface area contributed by atoms with E-state index in [2.05, 4.69) is 10.3 Å². The Morgan fingerprint density at radius 2 is 2.33 bits per heavy atom. The van der Waals surface area contributed by atoms with Crippen molar-refractivity contribution in [2.75, 3.05) is 26.8 Å². The molecule has 0 saturated carbocycles. The van der Waals surface area contributed by atoms with Gasteiger partial charge in [-0.3, -0.25) is 0 Å². The van der Waals surface area contributed by atoms with Crippen molar-refractivity contribution in [3.63, 3.8) is 0 Å². The van der Waals surface area contributed by atoms with Crippen LogP contribution in [-0.4, -0.2) is 53.8 Å². The zero-order chi connectivity index (χ0) is 15.2. The predicted molar refractivity (Wildman–Crippen MR) is 75.0 cm³/mol. The van der Waals surface area contributed by atoms with Crippen LogP contribution in [0.15, 0.2) is 18.3 Å². The summed E-state index contributed by atoms with van der Waals surface area (Å²) in [5.74, 6) is -0.663. The van der Waals surface area contributed by atoms with Crippen LogP contribution in [0.25, 0.3) is 0 Å². The molecule has 1 aromatic rings. The number of pyridine rings is 1. The number of amides is 2. The van der Waals surface area contributed by atoms with Gasteiger partial charge in [-0.15, -0.1) is 0 Å². The minimum absolute atomic E-state index is 0.00738. The van der Waals surface area contributed by atoms with Gasteiger partial charge in [0.2, 0.25) is 0 Å². The van der Waals surface area contributed by atoms with Crippen molar-refractivity contribution in [1.29, 1.82) is 0 Å². The smallest absolute Gasteiger partial charge is 0.354 e. The first-order valence-electron chi connectivity index (χ1n) is 6.80. The lowest BCUT2D eigenvalue weighted by Crippen LogP contribution is -2.38. The molecule has 0 spiro atoms. The quantitative estimate of drug-likeness (QED) is 0.843. The molecule has 1 aliphatic rings. The number of hydrogen-bond donors (Lipinski definition) is 2. The predicted octanol–water partition coefficient (Wildman–Crippen LogP) is 0.958. The largest absolute Gasteiger partial charge is 0.477 e. The summed E-state index contributed by atoms with van der Waals surface area (Å²) < 4.78 is 5.10. The number of aromatic nitrogens is 1. The van der Waals surface area contributed by atoms with Crippen molar-refractivity contribution in [2.45, 2.75) is 13.0 Å². The van der Waals surface area contributed by atoms with Crippen LogP contribution >= 0.6 is 0 Å². The zero-order valence-electron chi connectivity index (χ0n) is 11.9. The molecule has 1 atom stereocenters. The second-order valence-corrected chi connectivity index (χ2v) is 5.07. The third-order valence-electron chi connectivity index (χ3n) is 3.46. The average Bonchev–Trinajstić information content (AvgIpc) is 2.94. The minimum atomic E-state index is -1.06. The lowest BCUT2D eigenvalue weighted by molar-refractivity contribution is 0.0690. The molecule has 0 bridgehead atoms. The fraction of sp³-hybridized carbons (Fsp3) is 0.500. The molecule has 21 heavy (non-hydrogen) atoms. The van der Waals surface area contributed by atoms with Crippen LogP contribution in [0.4, 0.5) is 4.79 Å². The Balaban J connectivity index is 1.80. The van der Waals surface area contributed by atoms with Gasteiger partial charge in [-0.2, -0.15) is 0 Å². The van der Waals surface area contributed by atoms with Gasteiger partial charge in [-0.1, -0.05) is 6.07 Å². The van der Waals surface area contributed by atoms with Gasteiger partial charge in [0.25, 0.3) is 0 Å².